The van der Waals surface area contributed by atoms with E-state index in [2.05, 4.69) is 0 Å². The summed E-state index contributed by atoms with van der Waals surface area (Å²) in [6.07, 6.45) is 1.97. The van der Waals surface area contributed by atoms with E-state index in [-0.39, 0.29) is 11.6 Å². The minimum absolute atomic E-state index is 0.300. The Kier molecular flexibility index (Phi) is 4.13. The monoisotopic (exact) mass is 352 g/mol. The molecule has 0 atom stereocenters. The van der Waals surface area contributed by atoms with Crippen LogP contribution < -0.4 is 0 Å². The number of ketones is 2. The van der Waals surface area contributed by atoms with Crippen molar-refractivity contribution in [2.24, 2.45) is 0 Å². The molecular weight excluding hydrogens is 336 g/mol. The molecule has 27 heavy (non-hydrogen) atoms. The van der Waals surface area contributed by atoms with Gasteiger partial charge in [0.15, 0.2) is 11.6 Å². The average molecular weight is 352 g/mol. The molecule has 0 unspecified atom stereocenters. The first-order chi connectivity index (χ1) is 13.2. The van der Waals surface area contributed by atoms with Crippen molar-refractivity contribution in [1.82, 2.24) is 0 Å². The fourth-order valence-electron chi connectivity index (χ4n) is 3.86. The minimum Gasteiger partial charge on any atom is -0.299 e. The van der Waals surface area contributed by atoms with Gasteiger partial charge in [-0.1, -0.05) is 84.9 Å². The number of Topliss-reactive ketones (excluding diaryl/α,β-unsaturated/α-hetero) is 2. The van der Waals surface area contributed by atoms with Crippen LogP contribution in [0.1, 0.15) is 31.8 Å². The van der Waals surface area contributed by atoms with Crippen molar-refractivity contribution < 1.29 is 14.4 Å². The SMILES string of the molecule is O=C/C=C(\c1ccccc1)C1(c2ccccc2)C(=O)c2ccccc2C1=O. The van der Waals surface area contributed by atoms with Crippen LogP contribution in [0, 0.1) is 0 Å². The molecule has 0 aromatic heterocycles. The molecule has 130 valence electrons. The van der Waals surface area contributed by atoms with E-state index < -0.39 is 5.41 Å². The third-order valence-electron chi connectivity index (χ3n) is 5.03. The summed E-state index contributed by atoms with van der Waals surface area (Å²) in [6, 6.07) is 24.9. The van der Waals surface area contributed by atoms with Gasteiger partial charge in [-0.25, -0.2) is 0 Å². The molecule has 1 aliphatic carbocycles. The predicted octanol–water partition coefficient (Wildman–Crippen LogP) is 4.29. The van der Waals surface area contributed by atoms with Gasteiger partial charge in [-0.05, 0) is 22.8 Å². The topological polar surface area (TPSA) is 51.2 Å². The van der Waals surface area contributed by atoms with Crippen molar-refractivity contribution in [3.8, 4) is 0 Å². The molecule has 0 heterocycles. The summed E-state index contributed by atoms with van der Waals surface area (Å²) in [4.78, 5) is 38.8. The first kappa shape index (κ1) is 16.9. The van der Waals surface area contributed by atoms with E-state index in [4.69, 9.17) is 0 Å². The Bertz CT molecular complexity index is 1030. The van der Waals surface area contributed by atoms with Gasteiger partial charge in [0.2, 0.25) is 0 Å². The van der Waals surface area contributed by atoms with E-state index in [1.165, 1.54) is 6.08 Å². The van der Waals surface area contributed by atoms with Crippen molar-refractivity contribution in [3.63, 3.8) is 0 Å². The lowest BCUT2D eigenvalue weighted by molar-refractivity contribution is -0.104. The number of hydrogen-bond donors (Lipinski definition) is 0. The van der Waals surface area contributed by atoms with Gasteiger partial charge >= 0.3 is 0 Å². The zero-order chi connectivity index (χ0) is 18.9. The van der Waals surface area contributed by atoms with Crippen molar-refractivity contribution in [3.05, 3.63) is 113 Å². The summed E-state index contributed by atoms with van der Waals surface area (Å²) in [5, 5.41) is 0. The van der Waals surface area contributed by atoms with Crippen LogP contribution in [0.3, 0.4) is 0 Å². The summed E-state index contributed by atoms with van der Waals surface area (Å²) in [6.45, 7) is 0. The number of allylic oxidation sites excluding steroid dienone is 2. The first-order valence-corrected chi connectivity index (χ1v) is 8.66. The van der Waals surface area contributed by atoms with E-state index in [0.717, 1.165) is 0 Å². The molecular formula is C24H16O3. The number of aldehydes is 1. The molecule has 0 saturated heterocycles. The van der Waals surface area contributed by atoms with Gasteiger partial charge in [0.25, 0.3) is 0 Å². The second-order valence-corrected chi connectivity index (χ2v) is 6.40. The van der Waals surface area contributed by atoms with E-state index in [0.29, 0.717) is 34.1 Å². The van der Waals surface area contributed by atoms with Crippen molar-refractivity contribution in [1.29, 1.82) is 0 Å². The highest BCUT2D eigenvalue weighted by Crippen LogP contribution is 2.48. The molecule has 3 aromatic rings. The van der Waals surface area contributed by atoms with Crippen LogP contribution in [0.25, 0.3) is 5.57 Å². The number of carbonyl (C=O) groups excluding carboxylic acids is 3. The Morgan fingerprint density at radius 2 is 1.15 bits per heavy atom. The predicted molar refractivity (Wildman–Crippen MR) is 104 cm³/mol. The standard InChI is InChI=1S/C24H16O3/c25-16-15-21(17-9-3-1-4-10-17)24(18-11-5-2-6-12-18)22(26)19-13-7-8-14-20(19)23(24)27/h1-16H/b21-15+. The van der Waals surface area contributed by atoms with Crippen LogP contribution in [0.5, 0.6) is 0 Å². The normalized spacial score (nSPS) is 15.5. The second-order valence-electron chi connectivity index (χ2n) is 6.40. The summed E-state index contributed by atoms with van der Waals surface area (Å²) in [7, 11) is 0. The fourth-order valence-corrected chi connectivity index (χ4v) is 3.86. The molecule has 0 radical (unpaired) electrons. The van der Waals surface area contributed by atoms with Crippen molar-refractivity contribution >= 4 is 23.4 Å². The lowest BCUT2D eigenvalue weighted by atomic mass is 9.68. The first-order valence-electron chi connectivity index (χ1n) is 8.66. The maximum Gasteiger partial charge on any atom is 0.186 e. The number of hydrogen-bond acceptors (Lipinski definition) is 3. The highest BCUT2D eigenvalue weighted by molar-refractivity contribution is 6.39. The third-order valence-corrected chi connectivity index (χ3v) is 5.03. The Morgan fingerprint density at radius 1 is 0.667 bits per heavy atom. The fraction of sp³-hybridized carbons (Fsp3) is 0.0417. The third kappa shape index (κ3) is 2.40. The maximum atomic E-state index is 13.6. The highest BCUT2D eigenvalue weighted by Gasteiger charge is 2.56. The molecule has 1 aliphatic rings. The van der Waals surface area contributed by atoms with E-state index >= 15 is 0 Å². The molecule has 3 aromatic carbocycles. The summed E-state index contributed by atoms with van der Waals surface area (Å²) >= 11 is 0. The number of carbonyl (C=O) groups is 3. The zero-order valence-electron chi connectivity index (χ0n) is 14.5. The molecule has 0 saturated carbocycles. The van der Waals surface area contributed by atoms with Crippen LogP contribution in [-0.2, 0) is 10.2 Å². The molecule has 0 fully saturated rings. The number of fused-ring (bicyclic) bond motifs is 1. The van der Waals surface area contributed by atoms with Crippen LogP contribution in [0.2, 0.25) is 0 Å². The van der Waals surface area contributed by atoms with Gasteiger partial charge in [-0.15, -0.1) is 0 Å². The molecule has 4 rings (SSSR count). The van der Waals surface area contributed by atoms with Crippen LogP contribution in [-0.4, -0.2) is 17.9 Å². The molecule has 0 aliphatic heterocycles. The summed E-state index contributed by atoms with van der Waals surface area (Å²) in [5.74, 6) is -0.600. The van der Waals surface area contributed by atoms with Gasteiger partial charge in [0.05, 0.1) is 0 Å². The molecule has 0 bridgehead atoms. The van der Waals surface area contributed by atoms with Gasteiger partial charge in [-0.3, -0.25) is 14.4 Å². The molecule has 0 amide bonds. The number of benzene rings is 3. The highest BCUT2D eigenvalue weighted by atomic mass is 16.2. The minimum atomic E-state index is -1.56. The Balaban J connectivity index is 2.09. The Labute approximate surface area is 157 Å². The zero-order valence-corrected chi connectivity index (χ0v) is 14.5. The van der Waals surface area contributed by atoms with Crippen LogP contribution >= 0.6 is 0 Å². The molecule has 0 spiro atoms. The van der Waals surface area contributed by atoms with Gasteiger partial charge in [0, 0.05) is 11.1 Å². The quantitative estimate of drug-likeness (QED) is 0.400. The van der Waals surface area contributed by atoms with Gasteiger partial charge in [0.1, 0.15) is 11.7 Å². The van der Waals surface area contributed by atoms with Gasteiger partial charge < -0.3 is 0 Å². The lowest BCUT2D eigenvalue weighted by Crippen LogP contribution is -2.40. The Hall–Kier alpha value is -3.59. The number of rotatable bonds is 4. The van der Waals surface area contributed by atoms with E-state index in [9.17, 15) is 14.4 Å². The second kappa shape index (κ2) is 6.61. The van der Waals surface area contributed by atoms with E-state index in [1.807, 2.05) is 36.4 Å². The maximum absolute atomic E-state index is 13.6. The lowest BCUT2D eigenvalue weighted by Gasteiger charge is -2.30. The van der Waals surface area contributed by atoms with Crippen molar-refractivity contribution in [2.75, 3.05) is 0 Å². The van der Waals surface area contributed by atoms with Gasteiger partial charge in [-0.2, -0.15) is 0 Å². The van der Waals surface area contributed by atoms with Crippen LogP contribution in [0.15, 0.2) is 91.0 Å². The summed E-state index contributed by atoms with van der Waals surface area (Å²) < 4.78 is 0. The molecule has 3 heteroatoms. The van der Waals surface area contributed by atoms with Crippen molar-refractivity contribution in [2.45, 2.75) is 5.41 Å². The molecule has 3 nitrogen and oxygen atoms in total. The summed E-state index contributed by atoms with van der Waals surface area (Å²) in [5.41, 5.74) is 0.845. The Morgan fingerprint density at radius 3 is 1.67 bits per heavy atom. The van der Waals surface area contributed by atoms with E-state index in [1.54, 1.807) is 48.5 Å². The van der Waals surface area contributed by atoms with Crippen LogP contribution in [0.4, 0.5) is 0 Å². The smallest absolute Gasteiger partial charge is 0.186 e. The average Bonchev–Trinajstić information content (AvgIpc) is 2.96. The largest absolute Gasteiger partial charge is 0.299 e. The molecule has 0 N–H and O–H groups in total.